The van der Waals surface area contributed by atoms with E-state index in [0.29, 0.717) is 18.8 Å². The zero-order chi connectivity index (χ0) is 20.0. The minimum atomic E-state index is -3.62. The normalized spacial score (nSPS) is 11.4. The fourth-order valence-electron chi connectivity index (χ4n) is 2.46. The number of benzene rings is 2. The second kappa shape index (κ2) is 9.16. The summed E-state index contributed by atoms with van der Waals surface area (Å²) >= 11 is 5.68. The molecule has 9 heteroatoms. The summed E-state index contributed by atoms with van der Waals surface area (Å²) < 4.78 is 40.1. The van der Waals surface area contributed by atoms with Crippen molar-refractivity contribution in [3.63, 3.8) is 0 Å². The van der Waals surface area contributed by atoms with E-state index in [-0.39, 0.29) is 22.2 Å². The zero-order valence-electron chi connectivity index (χ0n) is 15.0. The lowest BCUT2D eigenvalue weighted by molar-refractivity contribution is -0.114. The van der Waals surface area contributed by atoms with Crippen LogP contribution in [0, 0.1) is 5.82 Å². The van der Waals surface area contributed by atoms with E-state index in [0.717, 1.165) is 6.07 Å². The first kappa shape index (κ1) is 21.1. The Morgan fingerprint density at radius 3 is 2.48 bits per heavy atom. The van der Waals surface area contributed by atoms with Gasteiger partial charge in [-0.25, -0.2) is 12.8 Å². The Bertz CT molecular complexity index is 918. The largest absolute Gasteiger partial charge is 0.374 e. The third-order valence-electron chi connectivity index (χ3n) is 3.83. The molecule has 2 rings (SSSR count). The van der Waals surface area contributed by atoms with E-state index in [1.807, 2.05) is 0 Å². The molecule has 0 saturated heterocycles. The maximum Gasteiger partial charge on any atom is 0.243 e. The van der Waals surface area contributed by atoms with E-state index in [4.69, 9.17) is 11.6 Å². The second-order valence-electron chi connectivity index (χ2n) is 5.64. The molecule has 0 fully saturated rings. The second-order valence-corrected chi connectivity index (χ2v) is 8.02. The van der Waals surface area contributed by atoms with Gasteiger partial charge in [-0.1, -0.05) is 31.5 Å². The molecule has 0 aromatic heterocycles. The Balaban J connectivity index is 2.06. The lowest BCUT2D eigenvalue weighted by atomic mass is 10.3. The standard InChI is InChI=1S/C18H21ClFN3O3S/c1-3-23(4-2)27(25,26)15-7-5-6-14(11-15)22-18(24)12-21-17-9-8-13(19)10-16(17)20/h5-11,21H,3-4,12H2,1-2H3,(H,22,24). The first-order valence-corrected chi connectivity index (χ1v) is 10.2. The lowest BCUT2D eigenvalue weighted by Gasteiger charge is -2.19. The predicted molar refractivity (Wildman–Crippen MR) is 105 cm³/mol. The van der Waals surface area contributed by atoms with Gasteiger partial charge in [0.1, 0.15) is 5.82 Å². The Labute approximate surface area is 163 Å². The van der Waals surface area contributed by atoms with Crippen LogP contribution in [0.1, 0.15) is 13.8 Å². The number of nitrogens with zero attached hydrogens (tertiary/aromatic N) is 1. The maximum atomic E-state index is 13.7. The van der Waals surface area contributed by atoms with Crippen molar-refractivity contribution >= 4 is 38.9 Å². The molecule has 2 aromatic rings. The van der Waals surface area contributed by atoms with E-state index < -0.39 is 21.7 Å². The van der Waals surface area contributed by atoms with Crippen LogP contribution in [0.2, 0.25) is 5.02 Å². The molecule has 0 aliphatic rings. The average Bonchev–Trinajstić information content (AvgIpc) is 2.62. The van der Waals surface area contributed by atoms with E-state index in [9.17, 15) is 17.6 Å². The SMILES string of the molecule is CCN(CC)S(=O)(=O)c1cccc(NC(=O)CNc2ccc(Cl)cc2F)c1. The quantitative estimate of drug-likeness (QED) is 0.693. The molecule has 0 aliphatic carbocycles. The fourth-order valence-corrected chi connectivity index (χ4v) is 4.12. The van der Waals surface area contributed by atoms with Crippen molar-refractivity contribution in [1.82, 2.24) is 4.31 Å². The number of anilines is 2. The molecule has 1 amide bonds. The molecule has 0 radical (unpaired) electrons. The topological polar surface area (TPSA) is 78.5 Å². The van der Waals surface area contributed by atoms with Gasteiger partial charge in [-0.3, -0.25) is 4.79 Å². The van der Waals surface area contributed by atoms with Crippen molar-refractivity contribution in [3.8, 4) is 0 Å². The lowest BCUT2D eigenvalue weighted by Crippen LogP contribution is -2.30. The molecule has 27 heavy (non-hydrogen) atoms. The van der Waals surface area contributed by atoms with Crippen molar-refractivity contribution in [2.24, 2.45) is 0 Å². The Hall–Kier alpha value is -2.16. The van der Waals surface area contributed by atoms with Gasteiger partial charge in [0.2, 0.25) is 15.9 Å². The molecular formula is C18H21ClFN3O3S. The van der Waals surface area contributed by atoms with E-state index >= 15 is 0 Å². The molecular weight excluding hydrogens is 393 g/mol. The van der Waals surface area contributed by atoms with Gasteiger partial charge in [0.05, 0.1) is 17.1 Å². The van der Waals surface area contributed by atoms with Gasteiger partial charge in [0.25, 0.3) is 0 Å². The third-order valence-corrected chi connectivity index (χ3v) is 6.11. The summed E-state index contributed by atoms with van der Waals surface area (Å²) in [5.41, 5.74) is 0.485. The Morgan fingerprint density at radius 2 is 1.85 bits per heavy atom. The minimum absolute atomic E-state index is 0.0979. The van der Waals surface area contributed by atoms with Crippen LogP contribution < -0.4 is 10.6 Å². The number of hydrogen-bond acceptors (Lipinski definition) is 4. The fraction of sp³-hybridized carbons (Fsp3) is 0.278. The molecule has 0 heterocycles. The van der Waals surface area contributed by atoms with Gasteiger partial charge in [-0.05, 0) is 36.4 Å². The van der Waals surface area contributed by atoms with Crippen molar-refractivity contribution in [1.29, 1.82) is 0 Å². The van der Waals surface area contributed by atoms with E-state index in [2.05, 4.69) is 10.6 Å². The van der Waals surface area contributed by atoms with Crippen LogP contribution in [0.15, 0.2) is 47.4 Å². The molecule has 0 atom stereocenters. The van der Waals surface area contributed by atoms with Crippen LogP contribution in [0.4, 0.5) is 15.8 Å². The summed E-state index contributed by atoms with van der Waals surface area (Å²) in [7, 11) is -3.62. The van der Waals surface area contributed by atoms with Crippen molar-refractivity contribution < 1.29 is 17.6 Å². The van der Waals surface area contributed by atoms with Gasteiger partial charge >= 0.3 is 0 Å². The number of amides is 1. The van der Waals surface area contributed by atoms with Crippen LogP contribution >= 0.6 is 11.6 Å². The molecule has 0 unspecified atom stereocenters. The highest BCUT2D eigenvalue weighted by atomic mass is 35.5. The number of carbonyl (C=O) groups is 1. The molecule has 146 valence electrons. The van der Waals surface area contributed by atoms with Gasteiger partial charge in [0.15, 0.2) is 0 Å². The summed E-state index contributed by atoms with van der Waals surface area (Å²) in [5, 5.41) is 5.52. The molecule has 0 aliphatic heterocycles. The van der Waals surface area contributed by atoms with Gasteiger partial charge in [-0.2, -0.15) is 4.31 Å². The van der Waals surface area contributed by atoms with Crippen LogP contribution in [0.25, 0.3) is 0 Å². The Morgan fingerprint density at radius 1 is 1.15 bits per heavy atom. The van der Waals surface area contributed by atoms with Crippen LogP contribution in [0.5, 0.6) is 0 Å². The van der Waals surface area contributed by atoms with Gasteiger partial charge < -0.3 is 10.6 Å². The molecule has 0 bridgehead atoms. The number of rotatable bonds is 8. The first-order valence-electron chi connectivity index (χ1n) is 8.37. The summed E-state index contributed by atoms with van der Waals surface area (Å²) in [5.74, 6) is -1.01. The van der Waals surface area contributed by atoms with Gasteiger partial charge in [0, 0.05) is 23.8 Å². The monoisotopic (exact) mass is 413 g/mol. The van der Waals surface area contributed by atoms with Crippen LogP contribution in [0.3, 0.4) is 0 Å². The first-order chi connectivity index (χ1) is 12.8. The summed E-state index contributed by atoms with van der Waals surface area (Å²) in [6.45, 7) is 4.03. The maximum absolute atomic E-state index is 13.7. The van der Waals surface area contributed by atoms with E-state index in [1.165, 1.54) is 28.6 Å². The number of hydrogen-bond donors (Lipinski definition) is 2. The summed E-state index contributed by atoms with van der Waals surface area (Å²) in [6, 6.07) is 10.1. The van der Waals surface area contributed by atoms with Crippen molar-refractivity contribution in [2.45, 2.75) is 18.7 Å². The molecule has 6 nitrogen and oxygen atoms in total. The highest BCUT2D eigenvalue weighted by Gasteiger charge is 2.21. The summed E-state index contributed by atoms with van der Waals surface area (Å²) in [4.78, 5) is 12.2. The molecule has 2 aromatic carbocycles. The number of halogens is 2. The number of sulfonamides is 1. The number of carbonyl (C=O) groups excluding carboxylic acids is 1. The predicted octanol–water partition coefficient (Wildman–Crippen LogP) is 3.56. The Kier molecular flexibility index (Phi) is 7.18. The third kappa shape index (κ3) is 5.41. The number of nitrogens with one attached hydrogen (secondary N) is 2. The highest BCUT2D eigenvalue weighted by molar-refractivity contribution is 7.89. The molecule has 2 N–H and O–H groups in total. The van der Waals surface area contributed by atoms with Crippen molar-refractivity contribution in [2.75, 3.05) is 30.3 Å². The minimum Gasteiger partial charge on any atom is -0.374 e. The van der Waals surface area contributed by atoms with Gasteiger partial charge in [-0.15, -0.1) is 0 Å². The summed E-state index contributed by atoms with van der Waals surface area (Å²) in [6.07, 6.45) is 0. The highest BCUT2D eigenvalue weighted by Crippen LogP contribution is 2.20. The molecule has 0 saturated carbocycles. The van der Waals surface area contributed by atoms with Crippen LogP contribution in [-0.4, -0.2) is 38.3 Å². The van der Waals surface area contributed by atoms with E-state index in [1.54, 1.807) is 26.0 Å². The van der Waals surface area contributed by atoms with Crippen molar-refractivity contribution in [3.05, 3.63) is 53.3 Å². The van der Waals surface area contributed by atoms with Crippen LogP contribution in [-0.2, 0) is 14.8 Å². The molecule has 0 spiro atoms. The smallest absolute Gasteiger partial charge is 0.243 e. The average molecular weight is 414 g/mol. The zero-order valence-corrected chi connectivity index (χ0v) is 16.6.